The van der Waals surface area contributed by atoms with Crippen LogP contribution >= 0.6 is 0 Å². The van der Waals surface area contributed by atoms with E-state index in [1.165, 1.54) is 0 Å². The molecule has 0 aliphatic rings. The van der Waals surface area contributed by atoms with Crippen LogP contribution in [-0.4, -0.2) is 11.6 Å². The van der Waals surface area contributed by atoms with Gasteiger partial charge in [-0.3, -0.25) is 0 Å². The molecule has 1 rings (SSSR count). The Morgan fingerprint density at radius 3 is 3.17 bits per heavy atom. The Hall–Kier alpha value is -1.13. The standard InChI is InChI=1S/C8H13N3O/c1-2-12-6-7-3-4-10-8(5-7)11-9/h3-5H,2,6,9H2,1H3,(H,10,11). The Balaban J connectivity index is 2.60. The molecule has 0 atom stereocenters. The second-order valence-electron chi connectivity index (χ2n) is 2.33. The molecule has 3 N–H and O–H groups in total. The van der Waals surface area contributed by atoms with Crippen molar-refractivity contribution in [3.63, 3.8) is 0 Å². The van der Waals surface area contributed by atoms with E-state index < -0.39 is 0 Å². The number of hydrogen-bond donors (Lipinski definition) is 2. The predicted molar refractivity (Wildman–Crippen MR) is 47.4 cm³/mol. The van der Waals surface area contributed by atoms with E-state index in [1.54, 1.807) is 6.20 Å². The minimum absolute atomic E-state index is 0.605. The Bertz CT molecular complexity index is 239. The van der Waals surface area contributed by atoms with Gasteiger partial charge in [0.1, 0.15) is 5.82 Å². The zero-order valence-electron chi connectivity index (χ0n) is 7.08. The van der Waals surface area contributed by atoms with Crippen LogP contribution in [0, 0.1) is 0 Å². The van der Waals surface area contributed by atoms with Crippen LogP contribution in [0.3, 0.4) is 0 Å². The lowest BCUT2D eigenvalue weighted by Crippen LogP contribution is -2.08. The second kappa shape index (κ2) is 4.69. The van der Waals surface area contributed by atoms with Gasteiger partial charge < -0.3 is 10.2 Å². The van der Waals surface area contributed by atoms with Crippen LogP contribution < -0.4 is 11.3 Å². The summed E-state index contributed by atoms with van der Waals surface area (Å²) in [5.41, 5.74) is 3.55. The monoisotopic (exact) mass is 167 g/mol. The van der Waals surface area contributed by atoms with Gasteiger partial charge in [-0.25, -0.2) is 10.8 Å². The van der Waals surface area contributed by atoms with Crippen molar-refractivity contribution < 1.29 is 4.74 Å². The number of nitrogen functional groups attached to an aromatic ring is 1. The number of pyridine rings is 1. The number of anilines is 1. The fourth-order valence-corrected chi connectivity index (χ4v) is 0.863. The van der Waals surface area contributed by atoms with E-state index in [-0.39, 0.29) is 0 Å². The molecule has 0 aliphatic carbocycles. The van der Waals surface area contributed by atoms with Crippen molar-refractivity contribution in [2.75, 3.05) is 12.0 Å². The Morgan fingerprint density at radius 1 is 1.67 bits per heavy atom. The number of hydrazine groups is 1. The number of rotatable bonds is 4. The number of nitrogens with one attached hydrogen (secondary N) is 1. The van der Waals surface area contributed by atoms with E-state index >= 15 is 0 Å². The normalized spacial score (nSPS) is 9.83. The van der Waals surface area contributed by atoms with Crippen LogP contribution in [0.25, 0.3) is 0 Å². The van der Waals surface area contributed by atoms with Gasteiger partial charge in [0, 0.05) is 12.8 Å². The van der Waals surface area contributed by atoms with Crippen molar-refractivity contribution in [1.29, 1.82) is 0 Å². The Morgan fingerprint density at radius 2 is 2.50 bits per heavy atom. The van der Waals surface area contributed by atoms with Crippen molar-refractivity contribution >= 4 is 5.82 Å². The molecule has 0 saturated heterocycles. The van der Waals surface area contributed by atoms with Gasteiger partial charge in [-0.2, -0.15) is 0 Å². The van der Waals surface area contributed by atoms with Gasteiger partial charge in [-0.05, 0) is 24.6 Å². The van der Waals surface area contributed by atoms with Crippen LogP contribution in [0.1, 0.15) is 12.5 Å². The maximum absolute atomic E-state index is 5.22. The summed E-state index contributed by atoms with van der Waals surface area (Å²) in [6, 6.07) is 3.76. The summed E-state index contributed by atoms with van der Waals surface area (Å²) in [6.45, 7) is 3.28. The molecule has 12 heavy (non-hydrogen) atoms. The van der Waals surface area contributed by atoms with Gasteiger partial charge in [0.05, 0.1) is 6.61 Å². The maximum Gasteiger partial charge on any atom is 0.140 e. The third kappa shape index (κ3) is 2.48. The van der Waals surface area contributed by atoms with Crippen molar-refractivity contribution in [1.82, 2.24) is 4.98 Å². The largest absolute Gasteiger partial charge is 0.377 e. The van der Waals surface area contributed by atoms with E-state index in [0.717, 1.165) is 5.56 Å². The first-order valence-corrected chi connectivity index (χ1v) is 3.86. The fourth-order valence-electron chi connectivity index (χ4n) is 0.863. The summed E-state index contributed by atoms with van der Waals surface area (Å²) >= 11 is 0. The summed E-state index contributed by atoms with van der Waals surface area (Å²) in [7, 11) is 0. The molecule has 0 aromatic carbocycles. The second-order valence-corrected chi connectivity index (χ2v) is 2.33. The van der Waals surface area contributed by atoms with Crippen molar-refractivity contribution in [3.8, 4) is 0 Å². The molecule has 1 heterocycles. The average molecular weight is 167 g/mol. The van der Waals surface area contributed by atoms with Crippen LogP contribution in [-0.2, 0) is 11.3 Å². The highest BCUT2D eigenvalue weighted by atomic mass is 16.5. The molecule has 0 aliphatic heterocycles. The molecule has 0 saturated carbocycles. The number of nitrogens with zero attached hydrogens (tertiary/aromatic N) is 1. The van der Waals surface area contributed by atoms with Crippen molar-refractivity contribution in [2.45, 2.75) is 13.5 Å². The van der Waals surface area contributed by atoms with E-state index in [1.807, 2.05) is 19.1 Å². The molecular formula is C8H13N3O. The molecule has 1 aromatic rings. The van der Waals surface area contributed by atoms with Gasteiger partial charge in [-0.15, -0.1) is 0 Å². The summed E-state index contributed by atoms with van der Waals surface area (Å²) in [5, 5.41) is 0. The van der Waals surface area contributed by atoms with E-state index in [2.05, 4.69) is 10.4 Å². The van der Waals surface area contributed by atoms with Gasteiger partial charge >= 0.3 is 0 Å². The van der Waals surface area contributed by atoms with Gasteiger partial charge in [-0.1, -0.05) is 0 Å². The quantitative estimate of drug-likeness (QED) is 0.516. The van der Waals surface area contributed by atoms with Crippen LogP contribution in [0.4, 0.5) is 5.82 Å². The van der Waals surface area contributed by atoms with Gasteiger partial charge in [0.15, 0.2) is 0 Å². The van der Waals surface area contributed by atoms with Gasteiger partial charge in [0.2, 0.25) is 0 Å². The van der Waals surface area contributed by atoms with Gasteiger partial charge in [0.25, 0.3) is 0 Å². The third-order valence-corrected chi connectivity index (χ3v) is 1.45. The van der Waals surface area contributed by atoms with E-state index in [0.29, 0.717) is 19.0 Å². The molecule has 4 nitrogen and oxygen atoms in total. The summed E-state index contributed by atoms with van der Waals surface area (Å²) in [4.78, 5) is 3.97. The molecule has 1 aromatic heterocycles. The van der Waals surface area contributed by atoms with E-state index in [9.17, 15) is 0 Å². The maximum atomic E-state index is 5.22. The smallest absolute Gasteiger partial charge is 0.140 e. The van der Waals surface area contributed by atoms with Crippen molar-refractivity contribution in [2.24, 2.45) is 5.84 Å². The number of ether oxygens (including phenoxy) is 1. The van der Waals surface area contributed by atoms with Crippen LogP contribution in [0.15, 0.2) is 18.3 Å². The van der Waals surface area contributed by atoms with Crippen molar-refractivity contribution in [3.05, 3.63) is 23.9 Å². The topological polar surface area (TPSA) is 60.2 Å². The molecule has 0 amide bonds. The van der Waals surface area contributed by atoms with Crippen LogP contribution in [0.5, 0.6) is 0 Å². The molecular weight excluding hydrogens is 154 g/mol. The Labute approximate surface area is 71.7 Å². The fraction of sp³-hybridized carbons (Fsp3) is 0.375. The molecule has 0 radical (unpaired) electrons. The first-order chi connectivity index (χ1) is 5.86. The zero-order valence-corrected chi connectivity index (χ0v) is 7.08. The lowest BCUT2D eigenvalue weighted by atomic mass is 10.3. The highest BCUT2D eigenvalue weighted by molar-refractivity contribution is 5.35. The number of nitrogens with two attached hydrogens (primary N) is 1. The third-order valence-electron chi connectivity index (χ3n) is 1.45. The molecule has 4 heteroatoms. The number of aromatic nitrogens is 1. The SMILES string of the molecule is CCOCc1ccnc(NN)c1. The number of hydrogen-bond acceptors (Lipinski definition) is 4. The average Bonchev–Trinajstić information content (AvgIpc) is 2.15. The molecule has 0 bridgehead atoms. The summed E-state index contributed by atoms with van der Waals surface area (Å²) in [6.07, 6.45) is 1.70. The Kier molecular flexibility index (Phi) is 3.50. The van der Waals surface area contributed by atoms with Crippen LogP contribution in [0.2, 0.25) is 0 Å². The highest BCUT2D eigenvalue weighted by Gasteiger charge is 1.94. The van der Waals surface area contributed by atoms with E-state index in [4.69, 9.17) is 10.6 Å². The summed E-state index contributed by atoms with van der Waals surface area (Å²) in [5.74, 6) is 5.85. The minimum atomic E-state index is 0.605. The molecule has 66 valence electrons. The summed E-state index contributed by atoms with van der Waals surface area (Å²) < 4.78 is 5.22. The zero-order chi connectivity index (χ0) is 8.81. The highest BCUT2D eigenvalue weighted by Crippen LogP contribution is 2.06. The first-order valence-electron chi connectivity index (χ1n) is 3.86. The molecule has 0 unspecified atom stereocenters. The first kappa shape index (κ1) is 8.96. The lowest BCUT2D eigenvalue weighted by Gasteiger charge is -2.03. The molecule has 0 spiro atoms. The lowest BCUT2D eigenvalue weighted by molar-refractivity contribution is 0.134. The minimum Gasteiger partial charge on any atom is -0.377 e. The predicted octanol–water partition coefficient (Wildman–Crippen LogP) is 0.904. The molecule has 0 fully saturated rings.